The molecule has 2 aliphatic rings. The first kappa shape index (κ1) is 7.14. The van der Waals surface area contributed by atoms with E-state index in [1.54, 1.807) is 0 Å². The van der Waals surface area contributed by atoms with E-state index in [1.165, 1.54) is 19.3 Å². The van der Waals surface area contributed by atoms with E-state index in [1.807, 2.05) is 0 Å². The van der Waals surface area contributed by atoms with E-state index >= 15 is 0 Å². The lowest BCUT2D eigenvalue weighted by molar-refractivity contribution is -0.138. The molecule has 0 spiro atoms. The largest absolute Gasteiger partial charge is 0.481 e. The molecule has 0 heterocycles. The van der Waals surface area contributed by atoms with Crippen LogP contribution in [0.5, 0.6) is 0 Å². The number of aliphatic carboxylic acids is 1. The normalized spacial score (nSPS) is 41.3. The van der Waals surface area contributed by atoms with Gasteiger partial charge in [0.2, 0.25) is 0 Å². The fraction of sp³-hybridized carbons (Fsp3) is 0.889. The highest BCUT2D eigenvalue weighted by atomic mass is 16.4. The number of hydrogen-bond donors (Lipinski definition) is 1. The minimum atomic E-state index is -0.609. The van der Waals surface area contributed by atoms with Gasteiger partial charge >= 0.3 is 5.97 Å². The van der Waals surface area contributed by atoms with Gasteiger partial charge in [0.1, 0.15) is 0 Å². The van der Waals surface area contributed by atoms with E-state index in [-0.39, 0.29) is 0 Å². The predicted octanol–water partition coefficient (Wildman–Crippen LogP) is 1.90. The highest BCUT2D eigenvalue weighted by Crippen LogP contribution is 2.53. The van der Waals surface area contributed by atoms with E-state index in [9.17, 15) is 4.79 Å². The topological polar surface area (TPSA) is 37.3 Å². The van der Waals surface area contributed by atoms with Crippen LogP contribution in [0.1, 0.15) is 32.1 Å². The second kappa shape index (κ2) is 2.50. The molecule has 0 aromatic rings. The molecule has 0 amide bonds. The number of fused-ring (bicyclic) bond motifs is 1. The minimum Gasteiger partial charge on any atom is -0.481 e. The lowest BCUT2D eigenvalue weighted by atomic mass is 9.87. The molecule has 0 aromatic heterocycles. The molecule has 2 nitrogen and oxygen atoms in total. The molecule has 11 heavy (non-hydrogen) atoms. The first-order chi connectivity index (χ1) is 5.27. The number of hydrogen-bond acceptors (Lipinski definition) is 1. The summed E-state index contributed by atoms with van der Waals surface area (Å²) in [5, 5.41) is 8.60. The Bertz CT molecular complexity index is 176. The van der Waals surface area contributed by atoms with E-state index < -0.39 is 5.97 Å². The van der Waals surface area contributed by atoms with Gasteiger partial charge in [-0.3, -0.25) is 4.79 Å². The zero-order chi connectivity index (χ0) is 7.84. The maximum atomic E-state index is 10.4. The third kappa shape index (κ3) is 1.39. The first-order valence-electron chi connectivity index (χ1n) is 4.49. The Morgan fingerprint density at radius 1 is 1.45 bits per heavy atom. The van der Waals surface area contributed by atoms with Crippen LogP contribution < -0.4 is 0 Å². The molecule has 2 aliphatic carbocycles. The van der Waals surface area contributed by atoms with Gasteiger partial charge in [0, 0.05) is 6.42 Å². The Kier molecular flexibility index (Phi) is 1.63. The Labute approximate surface area is 66.6 Å². The van der Waals surface area contributed by atoms with Crippen molar-refractivity contribution in [1.82, 2.24) is 0 Å². The zero-order valence-electron chi connectivity index (χ0n) is 6.62. The maximum Gasteiger partial charge on any atom is 0.303 e. The van der Waals surface area contributed by atoms with E-state index in [0.717, 1.165) is 18.3 Å². The molecule has 2 saturated carbocycles. The van der Waals surface area contributed by atoms with Gasteiger partial charge in [0.25, 0.3) is 0 Å². The highest BCUT2D eigenvalue weighted by molar-refractivity contribution is 5.67. The number of carboxylic acid groups (broad SMARTS) is 1. The molecule has 2 rings (SSSR count). The summed E-state index contributed by atoms with van der Waals surface area (Å²) >= 11 is 0. The van der Waals surface area contributed by atoms with Crippen LogP contribution in [-0.4, -0.2) is 11.1 Å². The second-order valence-electron chi connectivity index (χ2n) is 3.95. The molecule has 0 saturated heterocycles. The van der Waals surface area contributed by atoms with Crippen LogP contribution in [0.3, 0.4) is 0 Å². The van der Waals surface area contributed by atoms with Gasteiger partial charge in [-0.25, -0.2) is 0 Å². The molecule has 2 heteroatoms. The van der Waals surface area contributed by atoms with Gasteiger partial charge in [-0.2, -0.15) is 0 Å². The van der Waals surface area contributed by atoms with Gasteiger partial charge in [-0.15, -0.1) is 0 Å². The summed E-state index contributed by atoms with van der Waals surface area (Å²) in [4.78, 5) is 10.4. The van der Waals surface area contributed by atoms with Crippen molar-refractivity contribution in [2.45, 2.75) is 32.1 Å². The van der Waals surface area contributed by atoms with Crippen molar-refractivity contribution in [1.29, 1.82) is 0 Å². The molecule has 3 unspecified atom stereocenters. The highest BCUT2D eigenvalue weighted by Gasteiger charge is 2.45. The summed E-state index contributed by atoms with van der Waals surface area (Å²) in [7, 11) is 0. The van der Waals surface area contributed by atoms with Gasteiger partial charge in [0.15, 0.2) is 0 Å². The van der Waals surface area contributed by atoms with Crippen molar-refractivity contribution in [3.8, 4) is 0 Å². The molecular formula is C9H14O2. The summed E-state index contributed by atoms with van der Waals surface area (Å²) in [6.07, 6.45) is 5.52. The Balaban J connectivity index is 1.88. The van der Waals surface area contributed by atoms with Gasteiger partial charge in [-0.1, -0.05) is 12.8 Å². The summed E-state index contributed by atoms with van der Waals surface area (Å²) in [6.45, 7) is 0. The lowest BCUT2D eigenvalue weighted by Crippen LogP contribution is -2.14. The maximum absolute atomic E-state index is 10.4. The average molecular weight is 154 g/mol. The predicted molar refractivity (Wildman–Crippen MR) is 41.2 cm³/mol. The van der Waals surface area contributed by atoms with Crippen LogP contribution in [0.25, 0.3) is 0 Å². The molecular weight excluding hydrogens is 140 g/mol. The van der Waals surface area contributed by atoms with Crippen LogP contribution in [0, 0.1) is 17.8 Å². The van der Waals surface area contributed by atoms with Crippen LogP contribution in [-0.2, 0) is 4.79 Å². The Hall–Kier alpha value is -0.530. The van der Waals surface area contributed by atoms with Crippen molar-refractivity contribution in [3.63, 3.8) is 0 Å². The Morgan fingerprint density at radius 2 is 2.27 bits per heavy atom. The third-order valence-corrected chi connectivity index (χ3v) is 3.17. The first-order valence-corrected chi connectivity index (χ1v) is 4.49. The molecule has 0 aromatic carbocycles. The van der Waals surface area contributed by atoms with Gasteiger partial charge in [0.05, 0.1) is 0 Å². The Morgan fingerprint density at radius 3 is 3.00 bits per heavy atom. The van der Waals surface area contributed by atoms with Crippen molar-refractivity contribution in [2.24, 2.45) is 17.8 Å². The van der Waals surface area contributed by atoms with Crippen LogP contribution in [0.2, 0.25) is 0 Å². The number of carbonyl (C=O) groups is 1. The fourth-order valence-electron chi connectivity index (χ4n) is 2.51. The quantitative estimate of drug-likeness (QED) is 0.659. The molecule has 2 fully saturated rings. The summed E-state index contributed by atoms with van der Waals surface area (Å²) < 4.78 is 0. The minimum absolute atomic E-state index is 0.418. The number of rotatable bonds is 2. The van der Waals surface area contributed by atoms with Crippen LogP contribution >= 0.6 is 0 Å². The van der Waals surface area contributed by atoms with Crippen molar-refractivity contribution in [3.05, 3.63) is 0 Å². The van der Waals surface area contributed by atoms with E-state index in [0.29, 0.717) is 12.3 Å². The monoisotopic (exact) mass is 154 g/mol. The summed E-state index contributed by atoms with van der Waals surface area (Å²) in [5.41, 5.74) is 0. The SMILES string of the molecule is O=C(O)CC1CCCC2CC12. The van der Waals surface area contributed by atoms with E-state index in [2.05, 4.69) is 0 Å². The third-order valence-electron chi connectivity index (χ3n) is 3.17. The smallest absolute Gasteiger partial charge is 0.303 e. The molecule has 0 bridgehead atoms. The molecule has 3 atom stereocenters. The fourth-order valence-corrected chi connectivity index (χ4v) is 2.51. The van der Waals surface area contributed by atoms with Crippen molar-refractivity contribution >= 4 is 5.97 Å². The van der Waals surface area contributed by atoms with Crippen molar-refractivity contribution in [2.75, 3.05) is 0 Å². The molecule has 62 valence electrons. The van der Waals surface area contributed by atoms with E-state index in [4.69, 9.17) is 5.11 Å². The average Bonchev–Trinajstić information content (AvgIpc) is 2.65. The van der Waals surface area contributed by atoms with Gasteiger partial charge in [-0.05, 0) is 30.6 Å². The van der Waals surface area contributed by atoms with Gasteiger partial charge < -0.3 is 5.11 Å². The molecule has 1 N–H and O–H groups in total. The molecule has 0 radical (unpaired) electrons. The second-order valence-corrected chi connectivity index (χ2v) is 3.95. The standard InChI is InChI=1S/C9H14O2/c10-9(11)5-7-3-1-2-6-4-8(6)7/h6-8H,1-5H2,(H,10,11). The zero-order valence-corrected chi connectivity index (χ0v) is 6.62. The lowest BCUT2D eigenvalue weighted by Gasteiger charge is -2.18. The molecule has 0 aliphatic heterocycles. The van der Waals surface area contributed by atoms with Crippen molar-refractivity contribution < 1.29 is 9.90 Å². The summed E-state index contributed by atoms with van der Waals surface area (Å²) in [6, 6.07) is 0. The van der Waals surface area contributed by atoms with Crippen LogP contribution in [0.4, 0.5) is 0 Å². The van der Waals surface area contributed by atoms with Crippen LogP contribution in [0.15, 0.2) is 0 Å². The number of carboxylic acids is 1. The summed E-state index contributed by atoms with van der Waals surface area (Å²) in [5.74, 6) is 1.61.